The van der Waals surface area contributed by atoms with E-state index in [4.69, 9.17) is 9.84 Å². The molecule has 0 fully saturated rings. The zero-order valence-corrected chi connectivity index (χ0v) is 12.8. The summed E-state index contributed by atoms with van der Waals surface area (Å²) in [4.78, 5) is 10.9. The van der Waals surface area contributed by atoms with Crippen molar-refractivity contribution in [1.82, 2.24) is 0 Å². The summed E-state index contributed by atoms with van der Waals surface area (Å²) in [5.74, 6) is -1.18. The molecule has 0 saturated carbocycles. The lowest BCUT2D eigenvalue weighted by molar-refractivity contribution is 0.0696. The lowest BCUT2D eigenvalue weighted by atomic mass is 10.2. The van der Waals surface area contributed by atoms with Crippen LogP contribution in [0.1, 0.15) is 23.2 Å². The Morgan fingerprint density at radius 3 is 2.63 bits per heavy atom. The van der Waals surface area contributed by atoms with Crippen molar-refractivity contribution in [3.63, 3.8) is 0 Å². The Bertz CT molecular complexity index is 553. The van der Waals surface area contributed by atoms with Crippen LogP contribution in [0, 0.1) is 0 Å². The standard InChI is InChI=1S/C12H15BrO5S/c1-18-6-2-3-7-19(16,17)11-8-9(12(14)15)4-5-10(11)13/h4-5,8H,2-3,6-7H2,1H3,(H,14,15). The van der Waals surface area contributed by atoms with Crippen LogP contribution in [-0.4, -0.2) is 39.0 Å². The van der Waals surface area contributed by atoms with E-state index in [2.05, 4.69) is 15.9 Å². The fourth-order valence-electron chi connectivity index (χ4n) is 1.52. The van der Waals surface area contributed by atoms with E-state index in [1.54, 1.807) is 7.11 Å². The van der Waals surface area contributed by atoms with Gasteiger partial charge in [-0.25, -0.2) is 13.2 Å². The average molecular weight is 351 g/mol. The van der Waals surface area contributed by atoms with Crippen LogP contribution < -0.4 is 0 Å². The number of halogens is 1. The Balaban J connectivity index is 2.94. The van der Waals surface area contributed by atoms with Gasteiger partial charge >= 0.3 is 5.97 Å². The Morgan fingerprint density at radius 1 is 1.37 bits per heavy atom. The molecular formula is C12H15BrO5S. The maximum atomic E-state index is 12.1. The van der Waals surface area contributed by atoms with E-state index in [1.165, 1.54) is 18.2 Å². The number of sulfone groups is 1. The molecule has 0 bridgehead atoms. The fourth-order valence-corrected chi connectivity index (χ4v) is 3.99. The van der Waals surface area contributed by atoms with Gasteiger partial charge in [-0.05, 0) is 47.0 Å². The first-order valence-corrected chi connectivity index (χ1v) is 8.07. The lowest BCUT2D eigenvalue weighted by Gasteiger charge is -2.07. The van der Waals surface area contributed by atoms with E-state index >= 15 is 0 Å². The number of methoxy groups -OCH3 is 1. The normalized spacial score (nSPS) is 11.5. The summed E-state index contributed by atoms with van der Waals surface area (Å²) in [7, 11) is -1.94. The second-order valence-corrected chi connectivity index (χ2v) is 6.90. The first kappa shape index (κ1) is 16.1. The van der Waals surface area contributed by atoms with E-state index in [0.717, 1.165) is 0 Å². The minimum absolute atomic E-state index is 0.0183. The molecule has 0 aromatic heterocycles. The van der Waals surface area contributed by atoms with Crippen LogP contribution in [-0.2, 0) is 14.6 Å². The molecule has 1 aromatic rings. The molecule has 0 amide bonds. The van der Waals surface area contributed by atoms with Gasteiger partial charge in [-0.3, -0.25) is 0 Å². The molecule has 7 heteroatoms. The number of carboxylic acid groups (broad SMARTS) is 1. The number of carbonyl (C=O) groups is 1. The van der Waals surface area contributed by atoms with Crippen LogP contribution in [0.2, 0.25) is 0 Å². The van der Waals surface area contributed by atoms with Gasteiger partial charge in [-0.2, -0.15) is 0 Å². The molecule has 0 heterocycles. The molecule has 0 atom stereocenters. The number of unbranched alkanes of at least 4 members (excludes halogenated alkanes) is 1. The topological polar surface area (TPSA) is 80.7 Å². The maximum absolute atomic E-state index is 12.1. The largest absolute Gasteiger partial charge is 0.478 e. The number of ether oxygens (including phenoxy) is 1. The number of carboxylic acids is 1. The van der Waals surface area contributed by atoms with Gasteiger partial charge in [-0.15, -0.1) is 0 Å². The van der Waals surface area contributed by atoms with Crippen LogP contribution in [0.15, 0.2) is 27.6 Å². The van der Waals surface area contributed by atoms with Gasteiger partial charge in [0.15, 0.2) is 9.84 Å². The smallest absolute Gasteiger partial charge is 0.335 e. The zero-order chi connectivity index (χ0) is 14.5. The summed E-state index contributed by atoms with van der Waals surface area (Å²) in [6.07, 6.45) is 1.12. The summed E-state index contributed by atoms with van der Waals surface area (Å²) in [6, 6.07) is 3.97. The molecule has 0 spiro atoms. The quantitative estimate of drug-likeness (QED) is 0.763. The third-order valence-electron chi connectivity index (χ3n) is 2.52. The molecule has 1 aromatic carbocycles. The van der Waals surface area contributed by atoms with Crippen molar-refractivity contribution in [1.29, 1.82) is 0 Å². The minimum Gasteiger partial charge on any atom is -0.478 e. The SMILES string of the molecule is COCCCCS(=O)(=O)c1cc(C(=O)O)ccc1Br. The second kappa shape index (κ2) is 7.02. The van der Waals surface area contributed by atoms with E-state index in [0.29, 0.717) is 23.9 Å². The Kier molecular flexibility index (Phi) is 5.96. The van der Waals surface area contributed by atoms with Crippen LogP contribution in [0.5, 0.6) is 0 Å². The van der Waals surface area contributed by atoms with Crippen molar-refractivity contribution in [2.75, 3.05) is 19.5 Å². The van der Waals surface area contributed by atoms with Gasteiger partial charge in [-0.1, -0.05) is 0 Å². The van der Waals surface area contributed by atoms with Gasteiger partial charge in [0.2, 0.25) is 0 Å². The van der Waals surface area contributed by atoms with Crippen molar-refractivity contribution in [2.45, 2.75) is 17.7 Å². The summed E-state index contributed by atoms with van der Waals surface area (Å²) < 4.78 is 29.5. The molecule has 0 saturated heterocycles. The third kappa shape index (κ3) is 4.59. The highest BCUT2D eigenvalue weighted by Crippen LogP contribution is 2.25. The first-order chi connectivity index (χ1) is 8.88. The average Bonchev–Trinajstić information content (AvgIpc) is 2.34. The first-order valence-electron chi connectivity index (χ1n) is 5.63. The number of hydrogen-bond donors (Lipinski definition) is 1. The van der Waals surface area contributed by atoms with Crippen LogP contribution >= 0.6 is 15.9 Å². The van der Waals surface area contributed by atoms with E-state index in [9.17, 15) is 13.2 Å². The second-order valence-electron chi connectivity index (χ2n) is 3.97. The zero-order valence-electron chi connectivity index (χ0n) is 10.4. The lowest BCUT2D eigenvalue weighted by Crippen LogP contribution is -2.10. The molecule has 19 heavy (non-hydrogen) atoms. The van der Waals surface area contributed by atoms with Crippen molar-refractivity contribution in [2.24, 2.45) is 0 Å². The molecule has 0 radical (unpaired) electrons. The van der Waals surface area contributed by atoms with Crippen LogP contribution in [0.4, 0.5) is 0 Å². The molecule has 1 rings (SSSR count). The molecule has 0 unspecified atom stereocenters. The van der Waals surface area contributed by atoms with Gasteiger partial charge in [0.1, 0.15) is 0 Å². The molecule has 0 aliphatic rings. The van der Waals surface area contributed by atoms with Crippen molar-refractivity contribution < 1.29 is 23.1 Å². The third-order valence-corrected chi connectivity index (χ3v) is 5.31. The summed E-state index contributed by atoms with van der Waals surface area (Å²) in [5.41, 5.74) is -0.0429. The van der Waals surface area contributed by atoms with Crippen molar-refractivity contribution in [3.8, 4) is 0 Å². The van der Waals surface area contributed by atoms with Gasteiger partial charge in [0.25, 0.3) is 0 Å². The van der Waals surface area contributed by atoms with E-state index in [-0.39, 0.29) is 16.2 Å². The molecule has 0 aliphatic carbocycles. The van der Waals surface area contributed by atoms with Crippen LogP contribution in [0.3, 0.4) is 0 Å². The van der Waals surface area contributed by atoms with E-state index < -0.39 is 15.8 Å². The minimum atomic E-state index is -3.49. The molecule has 106 valence electrons. The number of benzene rings is 1. The highest BCUT2D eigenvalue weighted by atomic mass is 79.9. The fraction of sp³-hybridized carbons (Fsp3) is 0.417. The monoisotopic (exact) mass is 350 g/mol. The number of rotatable bonds is 7. The molecular weight excluding hydrogens is 336 g/mol. The number of aromatic carboxylic acids is 1. The predicted octanol–water partition coefficient (Wildman–Crippen LogP) is 2.35. The van der Waals surface area contributed by atoms with E-state index in [1.807, 2.05) is 0 Å². The van der Waals surface area contributed by atoms with Crippen molar-refractivity contribution in [3.05, 3.63) is 28.2 Å². The summed E-state index contributed by atoms with van der Waals surface area (Å²) in [5, 5.41) is 8.89. The molecule has 0 aliphatic heterocycles. The number of hydrogen-bond acceptors (Lipinski definition) is 4. The highest BCUT2D eigenvalue weighted by Gasteiger charge is 2.19. The van der Waals surface area contributed by atoms with Crippen LogP contribution in [0.25, 0.3) is 0 Å². The van der Waals surface area contributed by atoms with Crippen molar-refractivity contribution >= 4 is 31.7 Å². The predicted molar refractivity (Wildman–Crippen MR) is 74.3 cm³/mol. The molecule has 1 N–H and O–H groups in total. The van der Waals surface area contributed by atoms with Gasteiger partial charge in [0, 0.05) is 18.2 Å². The van der Waals surface area contributed by atoms with Gasteiger partial charge in [0.05, 0.1) is 16.2 Å². The summed E-state index contributed by atoms with van der Waals surface area (Å²) >= 11 is 3.14. The Morgan fingerprint density at radius 2 is 2.05 bits per heavy atom. The van der Waals surface area contributed by atoms with Gasteiger partial charge < -0.3 is 9.84 Å². The molecule has 5 nitrogen and oxygen atoms in total. The maximum Gasteiger partial charge on any atom is 0.335 e. The Hall–Kier alpha value is -0.920. The summed E-state index contributed by atoms with van der Waals surface area (Å²) in [6.45, 7) is 0.506. The Labute approximate surface area is 120 Å². The highest BCUT2D eigenvalue weighted by molar-refractivity contribution is 9.10.